The number of halogens is 1. The Morgan fingerprint density at radius 1 is 1.30 bits per heavy atom. The topological polar surface area (TPSA) is 129 Å². The van der Waals surface area contributed by atoms with E-state index in [1.165, 1.54) is 6.33 Å². The van der Waals surface area contributed by atoms with Crippen molar-refractivity contribution in [3.8, 4) is 5.69 Å². The van der Waals surface area contributed by atoms with Gasteiger partial charge in [-0.3, -0.25) is 19.7 Å². The van der Waals surface area contributed by atoms with Gasteiger partial charge in [0.05, 0.1) is 18.3 Å². The molecule has 33 heavy (non-hydrogen) atoms. The Morgan fingerprint density at radius 2 is 2.09 bits per heavy atom. The molecule has 1 saturated heterocycles. The summed E-state index contributed by atoms with van der Waals surface area (Å²) in [5.74, 6) is -1.34. The van der Waals surface area contributed by atoms with Gasteiger partial charge in [-0.15, -0.1) is 0 Å². The molecule has 2 aromatic rings. The van der Waals surface area contributed by atoms with Gasteiger partial charge in [-0.25, -0.2) is 9.67 Å². The first kappa shape index (κ1) is 24.7. The van der Waals surface area contributed by atoms with Crippen LogP contribution in [0.3, 0.4) is 0 Å². The summed E-state index contributed by atoms with van der Waals surface area (Å²) in [7, 11) is 0. The van der Waals surface area contributed by atoms with Crippen molar-refractivity contribution in [1.29, 1.82) is 0 Å². The Morgan fingerprint density at radius 3 is 2.76 bits per heavy atom. The van der Waals surface area contributed by atoms with Crippen LogP contribution < -0.4 is 10.6 Å². The number of aliphatic carboxylic acids is 1. The van der Waals surface area contributed by atoms with Crippen molar-refractivity contribution in [1.82, 2.24) is 30.3 Å². The van der Waals surface area contributed by atoms with Gasteiger partial charge in [0, 0.05) is 18.1 Å². The lowest BCUT2D eigenvalue weighted by Gasteiger charge is -2.29. The first-order valence-electron chi connectivity index (χ1n) is 10.9. The molecule has 178 valence electrons. The smallest absolute Gasteiger partial charge is 0.317 e. The van der Waals surface area contributed by atoms with E-state index in [1.807, 2.05) is 13.8 Å². The molecule has 0 saturated carbocycles. The van der Waals surface area contributed by atoms with E-state index in [4.69, 9.17) is 16.7 Å². The largest absolute Gasteiger partial charge is 0.480 e. The first-order chi connectivity index (χ1) is 15.8. The molecule has 2 atom stereocenters. The molecule has 1 aliphatic rings. The van der Waals surface area contributed by atoms with Crippen LogP contribution in [0.1, 0.15) is 38.7 Å². The average molecular weight is 477 g/mol. The number of carboxylic acids is 1. The third-order valence-electron chi connectivity index (χ3n) is 5.50. The Bertz CT molecular complexity index is 981. The molecule has 1 aromatic heterocycles. The number of nitrogens with zero attached hydrogens (tertiary/aromatic N) is 4. The first-order valence-corrected chi connectivity index (χ1v) is 11.3. The average Bonchev–Trinajstić information content (AvgIpc) is 3.46. The summed E-state index contributed by atoms with van der Waals surface area (Å²) in [6, 6.07) is 4.04. The van der Waals surface area contributed by atoms with Gasteiger partial charge in [0.1, 0.15) is 18.7 Å². The Hall–Kier alpha value is -2.98. The molecule has 3 rings (SSSR count). The maximum atomic E-state index is 13.2. The normalized spacial score (nSPS) is 16.7. The summed E-state index contributed by atoms with van der Waals surface area (Å²) < 4.78 is 1.59. The number of amides is 2. The molecule has 1 aliphatic heterocycles. The van der Waals surface area contributed by atoms with Crippen LogP contribution in [0, 0.1) is 5.92 Å². The van der Waals surface area contributed by atoms with E-state index in [9.17, 15) is 14.4 Å². The molecule has 1 fully saturated rings. The molecule has 2 heterocycles. The van der Waals surface area contributed by atoms with Crippen molar-refractivity contribution in [3.05, 3.63) is 41.4 Å². The SMILES string of the molecule is CC(C)C[C@H](NCC(=O)O)C(=O)N1CCC[C@H]1C(=O)NCc1cc(Cl)ccc1-n1cncn1. The molecule has 0 bridgehead atoms. The highest BCUT2D eigenvalue weighted by Crippen LogP contribution is 2.22. The summed E-state index contributed by atoms with van der Waals surface area (Å²) >= 11 is 6.15. The van der Waals surface area contributed by atoms with E-state index < -0.39 is 18.1 Å². The zero-order valence-corrected chi connectivity index (χ0v) is 19.5. The fourth-order valence-corrected chi connectivity index (χ4v) is 4.20. The molecule has 0 unspecified atom stereocenters. The number of hydrogen-bond acceptors (Lipinski definition) is 6. The molecular formula is C22H29ClN6O4. The van der Waals surface area contributed by atoms with Gasteiger partial charge in [-0.1, -0.05) is 25.4 Å². The van der Waals surface area contributed by atoms with Crippen LogP contribution in [-0.4, -0.2) is 67.7 Å². The summed E-state index contributed by atoms with van der Waals surface area (Å²) in [4.78, 5) is 42.7. The monoisotopic (exact) mass is 476 g/mol. The van der Waals surface area contributed by atoms with Crippen LogP contribution >= 0.6 is 11.6 Å². The second kappa shape index (κ2) is 11.2. The van der Waals surface area contributed by atoms with Gasteiger partial charge in [0.25, 0.3) is 0 Å². The van der Waals surface area contributed by atoms with E-state index in [1.54, 1.807) is 34.1 Å². The summed E-state index contributed by atoms with van der Waals surface area (Å²) in [5, 5.41) is 19.4. The third kappa shape index (κ3) is 6.52. The van der Waals surface area contributed by atoms with Crippen LogP contribution in [0.4, 0.5) is 0 Å². The fourth-order valence-electron chi connectivity index (χ4n) is 4.01. The number of aromatic nitrogens is 3. The fraction of sp³-hybridized carbons (Fsp3) is 0.500. The molecule has 3 N–H and O–H groups in total. The summed E-state index contributed by atoms with van der Waals surface area (Å²) in [5.41, 5.74) is 1.50. The number of carbonyl (C=O) groups excluding carboxylic acids is 2. The molecule has 1 aromatic carbocycles. The van der Waals surface area contributed by atoms with Crippen molar-refractivity contribution in [3.63, 3.8) is 0 Å². The Kier molecular flexibility index (Phi) is 8.40. The number of carbonyl (C=O) groups is 3. The summed E-state index contributed by atoms with van der Waals surface area (Å²) in [6.07, 6.45) is 4.73. The number of likely N-dealkylation sites (tertiary alicyclic amines) is 1. The Labute approximate surface area is 197 Å². The lowest BCUT2D eigenvalue weighted by atomic mass is 10.0. The molecule has 0 spiro atoms. The molecular weight excluding hydrogens is 448 g/mol. The Balaban J connectivity index is 1.69. The molecule has 0 radical (unpaired) electrons. The van der Waals surface area contributed by atoms with Crippen LogP contribution in [0.15, 0.2) is 30.9 Å². The highest BCUT2D eigenvalue weighted by molar-refractivity contribution is 6.30. The highest BCUT2D eigenvalue weighted by Gasteiger charge is 2.37. The molecule has 0 aliphatic carbocycles. The lowest BCUT2D eigenvalue weighted by molar-refractivity contribution is -0.141. The summed E-state index contributed by atoms with van der Waals surface area (Å²) in [6.45, 7) is 4.29. The lowest BCUT2D eigenvalue weighted by Crippen LogP contribution is -2.53. The van der Waals surface area contributed by atoms with Crippen LogP contribution in [0.5, 0.6) is 0 Å². The zero-order valence-electron chi connectivity index (χ0n) is 18.7. The van der Waals surface area contributed by atoms with Gasteiger partial charge in [0.15, 0.2) is 0 Å². The second-order valence-corrected chi connectivity index (χ2v) is 8.91. The minimum atomic E-state index is -1.03. The minimum Gasteiger partial charge on any atom is -0.480 e. The van der Waals surface area contributed by atoms with Crippen LogP contribution in [0.2, 0.25) is 5.02 Å². The number of nitrogens with one attached hydrogen (secondary N) is 2. The molecule has 11 heteroatoms. The van der Waals surface area contributed by atoms with E-state index in [0.29, 0.717) is 30.8 Å². The van der Waals surface area contributed by atoms with E-state index in [-0.39, 0.29) is 30.8 Å². The van der Waals surface area contributed by atoms with E-state index in [0.717, 1.165) is 11.3 Å². The van der Waals surface area contributed by atoms with Gasteiger partial charge < -0.3 is 15.3 Å². The third-order valence-corrected chi connectivity index (χ3v) is 5.74. The highest BCUT2D eigenvalue weighted by atomic mass is 35.5. The van der Waals surface area contributed by atoms with Crippen molar-refractivity contribution >= 4 is 29.4 Å². The number of rotatable bonds is 10. The maximum Gasteiger partial charge on any atom is 0.317 e. The van der Waals surface area contributed by atoms with Gasteiger partial charge >= 0.3 is 5.97 Å². The van der Waals surface area contributed by atoms with Crippen LogP contribution in [-0.2, 0) is 20.9 Å². The second-order valence-electron chi connectivity index (χ2n) is 8.48. The van der Waals surface area contributed by atoms with E-state index >= 15 is 0 Å². The standard InChI is InChI=1S/C22H29ClN6O4/c1-14(2)8-17(25-11-20(30)31)22(33)28-7-3-4-19(28)21(32)26-10-15-9-16(23)5-6-18(15)29-13-24-12-27-29/h5-6,9,12-14,17,19,25H,3-4,7-8,10-11H2,1-2H3,(H,26,32)(H,30,31)/t17-,19-/m0/s1. The number of carboxylic acid groups (broad SMARTS) is 1. The number of benzene rings is 1. The minimum absolute atomic E-state index is 0.188. The quantitative estimate of drug-likeness (QED) is 0.475. The maximum absolute atomic E-state index is 13.2. The van der Waals surface area contributed by atoms with Crippen LogP contribution in [0.25, 0.3) is 5.69 Å². The molecule has 2 amide bonds. The van der Waals surface area contributed by atoms with Crippen molar-refractivity contribution in [2.24, 2.45) is 5.92 Å². The number of hydrogen-bond donors (Lipinski definition) is 3. The van der Waals surface area contributed by atoms with Crippen molar-refractivity contribution < 1.29 is 19.5 Å². The molecule has 10 nitrogen and oxygen atoms in total. The zero-order chi connectivity index (χ0) is 24.0. The van der Waals surface area contributed by atoms with Gasteiger partial charge in [-0.2, -0.15) is 5.10 Å². The predicted molar refractivity (Wildman–Crippen MR) is 122 cm³/mol. The predicted octanol–water partition coefficient (Wildman–Crippen LogP) is 1.62. The van der Waals surface area contributed by atoms with Gasteiger partial charge in [-0.05, 0) is 48.9 Å². The van der Waals surface area contributed by atoms with E-state index in [2.05, 4.69) is 20.7 Å². The van der Waals surface area contributed by atoms with Crippen molar-refractivity contribution in [2.45, 2.75) is 51.7 Å². The van der Waals surface area contributed by atoms with Crippen molar-refractivity contribution in [2.75, 3.05) is 13.1 Å². The van der Waals surface area contributed by atoms with Gasteiger partial charge in [0.2, 0.25) is 11.8 Å².